The molecule has 2 aliphatic heterocycles. The molecule has 1 atom stereocenters. The topological polar surface area (TPSA) is 82.9 Å². The highest BCUT2D eigenvalue weighted by Crippen LogP contribution is 2.28. The van der Waals surface area contributed by atoms with Gasteiger partial charge in [0.2, 0.25) is 5.91 Å². The molecular weight excluding hydrogens is 346 g/mol. The largest absolute Gasteiger partial charge is 0.472 e. The number of nitrogens with zero attached hydrogens (tertiary/aromatic N) is 2. The summed E-state index contributed by atoms with van der Waals surface area (Å²) in [5.74, 6) is -0.208. The lowest BCUT2D eigenvalue weighted by Crippen LogP contribution is -2.38. The van der Waals surface area contributed by atoms with Crippen molar-refractivity contribution in [3.63, 3.8) is 0 Å². The first kappa shape index (κ1) is 17.3. The zero-order chi connectivity index (χ0) is 18.8. The molecule has 140 valence electrons. The van der Waals surface area contributed by atoms with Crippen molar-refractivity contribution in [2.75, 3.05) is 26.2 Å². The zero-order valence-corrected chi connectivity index (χ0v) is 14.9. The van der Waals surface area contributed by atoms with E-state index in [4.69, 9.17) is 4.42 Å². The van der Waals surface area contributed by atoms with Crippen LogP contribution in [-0.4, -0.2) is 53.7 Å². The summed E-state index contributed by atoms with van der Waals surface area (Å²) in [6, 6.07) is 8.73. The summed E-state index contributed by atoms with van der Waals surface area (Å²) in [5, 5.41) is 2.89. The molecule has 1 saturated heterocycles. The van der Waals surface area contributed by atoms with Crippen LogP contribution in [0.5, 0.6) is 0 Å². The zero-order valence-electron chi connectivity index (χ0n) is 14.9. The fourth-order valence-electron chi connectivity index (χ4n) is 3.72. The van der Waals surface area contributed by atoms with Gasteiger partial charge in [-0.25, -0.2) is 0 Å². The molecule has 1 N–H and O–H groups in total. The van der Waals surface area contributed by atoms with Gasteiger partial charge >= 0.3 is 0 Å². The van der Waals surface area contributed by atoms with Crippen LogP contribution >= 0.6 is 0 Å². The second-order valence-corrected chi connectivity index (χ2v) is 6.86. The third-order valence-corrected chi connectivity index (χ3v) is 5.17. The molecule has 3 amide bonds. The molecule has 1 aromatic heterocycles. The number of fused-ring (bicyclic) bond motifs is 1. The maximum absolute atomic E-state index is 12.8. The lowest BCUT2D eigenvalue weighted by atomic mass is 10.0. The molecule has 1 fully saturated rings. The normalized spacial score (nSPS) is 19.4. The third kappa shape index (κ3) is 3.45. The number of hydrogen-bond donors (Lipinski definition) is 1. The minimum Gasteiger partial charge on any atom is -0.472 e. The van der Waals surface area contributed by atoms with Gasteiger partial charge < -0.3 is 19.5 Å². The maximum Gasteiger partial charge on any atom is 0.257 e. The molecular formula is C20H21N3O4. The van der Waals surface area contributed by atoms with E-state index in [1.54, 1.807) is 21.9 Å². The number of benzene rings is 1. The van der Waals surface area contributed by atoms with E-state index >= 15 is 0 Å². The summed E-state index contributed by atoms with van der Waals surface area (Å²) < 4.78 is 4.98. The van der Waals surface area contributed by atoms with Crippen LogP contribution in [0.2, 0.25) is 0 Å². The first-order chi connectivity index (χ1) is 13.1. The number of carbonyl (C=O) groups is 3. The van der Waals surface area contributed by atoms with Crippen LogP contribution in [0.1, 0.15) is 45.2 Å². The quantitative estimate of drug-likeness (QED) is 0.897. The average Bonchev–Trinajstić information content (AvgIpc) is 3.23. The van der Waals surface area contributed by atoms with Gasteiger partial charge in [0.05, 0.1) is 24.3 Å². The van der Waals surface area contributed by atoms with Crippen LogP contribution in [0.4, 0.5) is 0 Å². The van der Waals surface area contributed by atoms with Gasteiger partial charge in [0.1, 0.15) is 6.26 Å². The van der Waals surface area contributed by atoms with E-state index in [0.717, 1.165) is 12.0 Å². The lowest BCUT2D eigenvalue weighted by Gasteiger charge is -2.23. The first-order valence-electron chi connectivity index (χ1n) is 9.12. The molecule has 0 radical (unpaired) electrons. The Morgan fingerprint density at radius 2 is 1.85 bits per heavy atom. The summed E-state index contributed by atoms with van der Waals surface area (Å²) in [4.78, 5) is 40.8. The smallest absolute Gasteiger partial charge is 0.257 e. The van der Waals surface area contributed by atoms with Gasteiger partial charge in [-0.15, -0.1) is 0 Å². The standard InChI is InChI=1S/C20H21N3O4/c24-18(12-17-15-4-1-2-5-16(15)19(25)21-17)22-7-3-8-23(10-9-22)20(26)14-6-11-27-13-14/h1-2,4-6,11,13,17H,3,7-10,12H2,(H,21,25)/t17-/m0/s1. The van der Waals surface area contributed by atoms with Crippen molar-refractivity contribution < 1.29 is 18.8 Å². The predicted octanol–water partition coefficient (Wildman–Crippen LogP) is 1.83. The number of rotatable bonds is 3. The molecule has 4 rings (SSSR count). The summed E-state index contributed by atoms with van der Waals surface area (Å²) in [7, 11) is 0. The minimum absolute atomic E-state index is 0.00499. The van der Waals surface area contributed by atoms with Gasteiger partial charge in [0.15, 0.2) is 0 Å². The van der Waals surface area contributed by atoms with Gasteiger partial charge in [-0.05, 0) is 24.1 Å². The Bertz CT molecular complexity index is 862. The Labute approximate surface area is 156 Å². The van der Waals surface area contributed by atoms with Gasteiger partial charge in [0.25, 0.3) is 11.8 Å². The van der Waals surface area contributed by atoms with Crippen molar-refractivity contribution >= 4 is 17.7 Å². The Morgan fingerprint density at radius 1 is 1.07 bits per heavy atom. The summed E-state index contributed by atoms with van der Waals surface area (Å²) in [5.41, 5.74) is 2.05. The number of carbonyl (C=O) groups excluding carboxylic acids is 3. The highest BCUT2D eigenvalue weighted by Gasteiger charge is 2.31. The fraction of sp³-hybridized carbons (Fsp3) is 0.350. The molecule has 1 aromatic carbocycles. The maximum atomic E-state index is 12.8. The second kappa shape index (κ2) is 7.26. The van der Waals surface area contributed by atoms with Gasteiger partial charge in [-0.1, -0.05) is 18.2 Å². The van der Waals surface area contributed by atoms with Crippen LogP contribution in [0, 0.1) is 0 Å². The van der Waals surface area contributed by atoms with E-state index < -0.39 is 0 Å². The van der Waals surface area contributed by atoms with E-state index in [0.29, 0.717) is 37.3 Å². The summed E-state index contributed by atoms with van der Waals surface area (Å²) >= 11 is 0. The summed E-state index contributed by atoms with van der Waals surface area (Å²) in [6.45, 7) is 2.20. The molecule has 2 aliphatic rings. The van der Waals surface area contributed by atoms with Gasteiger partial charge in [0, 0.05) is 31.7 Å². The molecule has 0 saturated carbocycles. The molecule has 2 aromatic rings. The molecule has 7 heteroatoms. The summed E-state index contributed by atoms with van der Waals surface area (Å²) in [6.07, 6.45) is 3.88. The van der Waals surface area contributed by atoms with E-state index in [9.17, 15) is 14.4 Å². The monoisotopic (exact) mass is 367 g/mol. The Kier molecular flexibility index (Phi) is 4.66. The first-order valence-corrected chi connectivity index (χ1v) is 9.12. The van der Waals surface area contributed by atoms with Gasteiger partial charge in [-0.3, -0.25) is 14.4 Å². The molecule has 3 heterocycles. The highest BCUT2D eigenvalue weighted by atomic mass is 16.3. The van der Waals surface area contributed by atoms with Crippen molar-refractivity contribution in [3.8, 4) is 0 Å². The molecule has 0 spiro atoms. The predicted molar refractivity (Wildman–Crippen MR) is 97.1 cm³/mol. The Balaban J connectivity index is 1.38. The number of amides is 3. The number of furan rings is 1. The van der Waals surface area contributed by atoms with Crippen LogP contribution in [0.3, 0.4) is 0 Å². The number of hydrogen-bond acceptors (Lipinski definition) is 4. The molecule has 0 aliphatic carbocycles. The number of nitrogens with one attached hydrogen (secondary N) is 1. The Hall–Kier alpha value is -3.09. The lowest BCUT2D eigenvalue weighted by molar-refractivity contribution is -0.131. The Morgan fingerprint density at radius 3 is 2.67 bits per heavy atom. The third-order valence-electron chi connectivity index (χ3n) is 5.17. The molecule has 7 nitrogen and oxygen atoms in total. The SMILES string of the molecule is O=C1N[C@@H](CC(=O)N2CCCN(C(=O)c3ccoc3)CC2)c2ccccc21. The van der Waals surface area contributed by atoms with Crippen molar-refractivity contribution in [2.24, 2.45) is 0 Å². The van der Waals surface area contributed by atoms with Gasteiger partial charge in [-0.2, -0.15) is 0 Å². The van der Waals surface area contributed by atoms with Crippen molar-refractivity contribution in [1.29, 1.82) is 0 Å². The fourth-order valence-corrected chi connectivity index (χ4v) is 3.72. The molecule has 0 bridgehead atoms. The highest BCUT2D eigenvalue weighted by molar-refractivity contribution is 5.99. The second-order valence-electron chi connectivity index (χ2n) is 6.86. The van der Waals surface area contributed by atoms with E-state index in [1.165, 1.54) is 12.5 Å². The van der Waals surface area contributed by atoms with Crippen LogP contribution < -0.4 is 5.32 Å². The van der Waals surface area contributed by atoms with E-state index in [2.05, 4.69) is 5.32 Å². The van der Waals surface area contributed by atoms with Crippen molar-refractivity contribution in [1.82, 2.24) is 15.1 Å². The average molecular weight is 367 g/mol. The van der Waals surface area contributed by atoms with E-state index in [-0.39, 0.29) is 30.2 Å². The molecule has 0 unspecified atom stereocenters. The van der Waals surface area contributed by atoms with Crippen molar-refractivity contribution in [2.45, 2.75) is 18.9 Å². The van der Waals surface area contributed by atoms with Crippen LogP contribution in [0.15, 0.2) is 47.3 Å². The van der Waals surface area contributed by atoms with Crippen molar-refractivity contribution in [3.05, 3.63) is 59.5 Å². The van der Waals surface area contributed by atoms with Crippen LogP contribution in [0.25, 0.3) is 0 Å². The molecule has 27 heavy (non-hydrogen) atoms. The van der Waals surface area contributed by atoms with Crippen LogP contribution in [-0.2, 0) is 4.79 Å². The van der Waals surface area contributed by atoms with E-state index in [1.807, 2.05) is 18.2 Å². The minimum atomic E-state index is -0.284.